The quantitative estimate of drug-likeness (QED) is 0.482. The summed E-state index contributed by atoms with van der Waals surface area (Å²) in [4.78, 5) is 0. The molecule has 2 aromatic rings. The molecule has 0 nitrogen and oxygen atoms in total. The summed E-state index contributed by atoms with van der Waals surface area (Å²) in [5, 5.41) is 0. The van der Waals surface area contributed by atoms with Crippen molar-refractivity contribution in [2.75, 3.05) is 0 Å². The van der Waals surface area contributed by atoms with Crippen LogP contribution in [0.25, 0.3) is 5.57 Å². The van der Waals surface area contributed by atoms with E-state index >= 15 is 4.39 Å². The largest absolute Gasteiger partial charge is 0.207 e. The highest BCUT2D eigenvalue weighted by Gasteiger charge is 2.18. The maximum Gasteiger partial charge on any atom is 0.134 e. The molecule has 0 saturated carbocycles. The standard InChI is InChI=1S/C24H28F2/c1-7-8-16(4)13-19-9-11-22(24(26)18(19)6)23(15(2)3)21-12-10-20(25)14-17(21)5/h7,9-12,14,16H,1,8,13H2,2-6H3. The van der Waals surface area contributed by atoms with Gasteiger partial charge in [0.15, 0.2) is 0 Å². The zero-order chi connectivity index (χ0) is 19.4. The molecule has 0 N–H and O–H groups in total. The molecular weight excluding hydrogens is 326 g/mol. The zero-order valence-corrected chi connectivity index (χ0v) is 16.4. The minimum atomic E-state index is -0.275. The lowest BCUT2D eigenvalue weighted by molar-refractivity contribution is 0.575. The summed E-state index contributed by atoms with van der Waals surface area (Å²) in [6.07, 6.45) is 3.65. The van der Waals surface area contributed by atoms with Crippen LogP contribution in [0.2, 0.25) is 0 Å². The van der Waals surface area contributed by atoms with Crippen molar-refractivity contribution in [1.82, 2.24) is 0 Å². The lowest BCUT2D eigenvalue weighted by Gasteiger charge is -2.18. The van der Waals surface area contributed by atoms with Crippen molar-refractivity contribution >= 4 is 5.57 Å². The van der Waals surface area contributed by atoms with Crippen LogP contribution in [-0.4, -0.2) is 0 Å². The smallest absolute Gasteiger partial charge is 0.134 e. The van der Waals surface area contributed by atoms with Gasteiger partial charge < -0.3 is 0 Å². The van der Waals surface area contributed by atoms with Gasteiger partial charge in [-0.15, -0.1) is 6.58 Å². The SMILES string of the molecule is C=CCC(C)Cc1ccc(C(=C(C)C)c2ccc(F)cc2C)c(F)c1C. The highest BCUT2D eigenvalue weighted by molar-refractivity contribution is 5.83. The Morgan fingerprint density at radius 3 is 2.31 bits per heavy atom. The Balaban J connectivity index is 2.53. The molecule has 0 heterocycles. The van der Waals surface area contributed by atoms with E-state index in [0.717, 1.165) is 40.7 Å². The average Bonchev–Trinajstić information content (AvgIpc) is 2.56. The third kappa shape index (κ3) is 4.30. The molecule has 0 bridgehead atoms. The summed E-state index contributed by atoms with van der Waals surface area (Å²) in [5.41, 5.74) is 5.83. The number of rotatable bonds is 6. The van der Waals surface area contributed by atoms with Gasteiger partial charge in [0.1, 0.15) is 11.6 Å². The summed E-state index contributed by atoms with van der Waals surface area (Å²) in [6, 6.07) is 8.55. The van der Waals surface area contributed by atoms with Crippen molar-refractivity contribution in [3.05, 3.63) is 88.0 Å². The number of allylic oxidation sites excluding steroid dienone is 2. The van der Waals surface area contributed by atoms with E-state index < -0.39 is 0 Å². The maximum absolute atomic E-state index is 15.3. The highest BCUT2D eigenvalue weighted by Crippen LogP contribution is 2.33. The Labute approximate surface area is 156 Å². The van der Waals surface area contributed by atoms with Gasteiger partial charge in [-0.3, -0.25) is 0 Å². The van der Waals surface area contributed by atoms with E-state index in [2.05, 4.69) is 13.5 Å². The molecular formula is C24H28F2. The van der Waals surface area contributed by atoms with Crippen LogP contribution in [0.15, 0.2) is 48.6 Å². The molecule has 1 unspecified atom stereocenters. The molecule has 0 aliphatic carbocycles. The lowest BCUT2D eigenvalue weighted by Crippen LogP contribution is -2.05. The van der Waals surface area contributed by atoms with Gasteiger partial charge >= 0.3 is 0 Å². The van der Waals surface area contributed by atoms with Gasteiger partial charge in [-0.1, -0.05) is 36.8 Å². The monoisotopic (exact) mass is 354 g/mol. The van der Waals surface area contributed by atoms with Crippen LogP contribution in [0.1, 0.15) is 55.0 Å². The Kier molecular flexibility index (Phi) is 6.52. The molecule has 138 valence electrons. The Morgan fingerprint density at radius 2 is 1.73 bits per heavy atom. The molecule has 0 fully saturated rings. The molecule has 0 aliphatic heterocycles. The molecule has 0 saturated heterocycles. The fourth-order valence-corrected chi connectivity index (χ4v) is 3.47. The van der Waals surface area contributed by atoms with E-state index in [1.165, 1.54) is 12.1 Å². The van der Waals surface area contributed by atoms with Gasteiger partial charge in [-0.2, -0.15) is 0 Å². The van der Waals surface area contributed by atoms with Crippen LogP contribution in [0.4, 0.5) is 8.78 Å². The minimum Gasteiger partial charge on any atom is -0.207 e. The van der Waals surface area contributed by atoms with Crippen LogP contribution in [0.3, 0.4) is 0 Å². The van der Waals surface area contributed by atoms with Crippen molar-refractivity contribution in [2.24, 2.45) is 5.92 Å². The van der Waals surface area contributed by atoms with Crippen LogP contribution in [0, 0.1) is 31.4 Å². The van der Waals surface area contributed by atoms with E-state index in [1.54, 1.807) is 6.07 Å². The summed E-state index contributed by atoms with van der Waals surface area (Å²) in [5.74, 6) is -0.0329. The van der Waals surface area contributed by atoms with Crippen LogP contribution < -0.4 is 0 Å². The van der Waals surface area contributed by atoms with Gasteiger partial charge in [0.05, 0.1) is 0 Å². The molecule has 0 aliphatic rings. The van der Waals surface area contributed by atoms with E-state index in [4.69, 9.17) is 0 Å². The van der Waals surface area contributed by atoms with Crippen molar-refractivity contribution in [2.45, 2.75) is 47.5 Å². The maximum atomic E-state index is 15.3. The van der Waals surface area contributed by atoms with Crippen LogP contribution >= 0.6 is 0 Å². The van der Waals surface area contributed by atoms with Gasteiger partial charge in [0.2, 0.25) is 0 Å². The van der Waals surface area contributed by atoms with Crippen molar-refractivity contribution in [3.8, 4) is 0 Å². The second-order valence-electron chi connectivity index (χ2n) is 7.38. The van der Waals surface area contributed by atoms with E-state index in [1.807, 2.05) is 45.9 Å². The zero-order valence-electron chi connectivity index (χ0n) is 16.4. The summed E-state index contributed by atoms with van der Waals surface area (Å²) < 4.78 is 28.8. The molecule has 26 heavy (non-hydrogen) atoms. The molecule has 0 amide bonds. The highest BCUT2D eigenvalue weighted by atomic mass is 19.1. The van der Waals surface area contributed by atoms with Crippen molar-refractivity contribution in [1.29, 1.82) is 0 Å². The van der Waals surface area contributed by atoms with Gasteiger partial charge in [0.25, 0.3) is 0 Å². The number of benzene rings is 2. The first-order valence-corrected chi connectivity index (χ1v) is 9.09. The molecule has 0 aromatic heterocycles. The number of hydrogen-bond acceptors (Lipinski definition) is 0. The summed E-state index contributed by atoms with van der Waals surface area (Å²) >= 11 is 0. The minimum absolute atomic E-state index is 0.187. The first-order valence-electron chi connectivity index (χ1n) is 9.09. The average molecular weight is 354 g/mol. The molecule has 2 heteroatoms. The molecule has 1 atom stereocenters. The third-order valence-corrected chi connectivity index (χ3v) is 4.86. The topological polar surface area (TPSA) is 0 Å². The second-order valence-corrected chi connectivity index (χ2v) is 7.38. The van der Waals surface area contributed by atoms with Gasteiger partial charge in [-0.05, 0) is 86.4 Å². The predicted molar refractivity (Wildman–Crippen MR) is 107 cm³/mol. The first kappa shape index (κ1) is 20.1. The second kappa shape index (κ2) is 8.44. The Hall–Kier alpha value is -2.22. The molecule has 0 radical (unpaired) electrons. The van der Waals surface area contributed by atoms with E-state index in [9.17, 15) is 4.39 Å². The van der Waals surface area contributed by atoms with E-state index in [0.29, 0.717) is 17.0 Å². The summed E-state index contributed by atoms with van der Waals surface area (Å²) in [7, 11) is 0. The Morgan fingerprint density at radius 1 is 1.08 bits per heavy atom. The van der Waals surface area contributed by atoms with Crippen molar-refractivity contribution < 1.29 is 8.78 Å². The number of halogens is 2. The number of aryl methyl sites for hydroxylation is 1. The normalized spacial score (nSPS) is 12.0. The summed E-state index contributed by atoms with van der Waals surface area (Å²) in [6.45, 7) is 13.6. The predicted octanol–water partition coefficient (Wildman–Crippen LogP) is 7.18. The van der Waals surface area contributed by atoms with E-state index in [-0.39, 0.29) is 11.6 Å². The first-order chi connectivity index (χ1) is 12.3. The fourth-order valence-electron chi connectivity index (χ4n) is 3.47. The molecule has 2 rings (SSSR count). The Bertz CT molecular complexity index is 840. The van der Waals surface area contributed by atoms with Crippen LogP contribution in [-0.2, 0) is 6.42 Å². The van der Waals surface area contributed by atoms with Gasteiger partial charge in [0, 0.05) is 5.56 Å². The van der Waals surface area contributed by atoms with Crippen molar-refractivity contribution in [3.63, 3.8) is 0 Å². The third-order valence-electron chi connectivity index (χ3n) is 4.86. The van der Waals surface area contributed by atoms with Crippen LogP contribution in [0.5, 0.6) is 0 Å². The van der Waals surface area contributed by atoms with Gasteiger partial charge in [-0.25, -0.2) is 8.78 Å². The molecule has 0 spiro atoms. The fraction of sp³-hybridized carbons (Fsp3) is 0.333. The number of hydrogen-bond donors (Lipinski definition) is 0. The molecule has 2 aromatic carbocycles. The lowest BCUT2D eigenvalue weighted by atomic mass is 9.87.